The molecule has 2 unspecified atom stereocenters. The van der Waals surface area contributed by atoms with Gasteiger partial charge in [-0.1, -0.05) is 48.6 Å². The number of anilines is 1. The molecule has 2 heteroatoms. The van der Waals surface area contributed by atoms with Crippen molar-refractivity contribution in [3.63, 3.8) is 0 Å². The van der Waals surface area contributed by atoms with E-state index in [4.69, 9.17) is 0 Å². The number of fused-ring (bicyclic) bond motifs is 6. The summed E-state index contributed by atoms with van der Waals surface area (Å²) in [4.78, 5) is 3.54. The Morgan fingerprint density at radius 3 is 2.70 bits per heavy atom. The summed E-state index contributed by atoms with van der Waals surface area (Å²) in [5.41, 5.74) is 3.89. The molecule has 3 aromatic rings. The van der Waals surface area contributed by atoms with E-state index >= 15 is 0 Å². The molecule has 2 aromatic carbocycles. The molecule has 2 N–H and O–H groups in total. The SMILES string of the molecule is C1=c2[nH]c3ccccc3c2=CC2Nc3ccccc3C12. The summed E-state index contributed by atoms with van der Waals surface area (Å²) >= 11 is 0. The minimum Gasteiger partial charge on any atom is -0.378 e. The van der Waals surface area contributed by atoms with Crippen molar-refractivity contribution in [2.75, 3.05) is 5.32 Å². The van der Waals surface area contributed by atoms with Crippen LogP contribution in [0.25, 0.3) is 23.1 Å². The maximum Gasteiger partial charge on any atom is 0.0559 e. The number of rotatable bonds is 0. The Balaban J connectivity index is 1.82. The first kappa shape index (κ1) is 10.3. The van der Waals surface area contributed by atoms with E-state index in [1.807, 2.05) is 0 Å². The smallest absolute Gasteiger partial charge is 0.0559 e. The topological polar surface area (TPSA) is 27.8 Å². The first-order valence-electron chi connectivity index (χ1n) is 7.06. The zero-order chi connectivity index (χ0) is 13.1. The van der Waals surface area contributed by atoms with Gasteiger partial charge in [0.2, 0.25) is 0 Å². The Morgan fingerprint density at radius 1 is 0.850 bits per heavy atom. The number of hydrogen-bond acceptors (Lipinski definition) is 1. The highest BCUT2D eigenvalue weighted by Gasteiger charge is 2.30. The fraction of sp³-hybridized carbons (Fsp3) is 0.111. The van der Waals surface area contributed by atoms with Crippen molar-refractivity contribution in [3.8, 4) is 0 Å². The number of hydrogen-bond donors (Lipinski definition) is 2. The van der Waals surface area contributed by atoms with Crippen LogP contribution in [-0.2, 0) is 0 Å². The van der Waals surface area contributed by atoms with Gasteiger partial charge in [-0.15, -0.1) is 0 Å². The predicted octanol–water partition coefficient (Wildman–Crippen LogP) is 2.32. The highest BCUT2D eigenvalue weighted by atomic mass is 15.0. The van der Waals surface area contributed by atoms with Crippen molar-refractivity contribution in [1.29, 1.82) is 0 Å². The van der Waals surface area contributed by atoms with Crippen LogP contribution in [0, 0.1) is 0 Å². The summed E-state index contributed by atoms with van der Waals surface area (Å²) in [5.74, 6) is 0.437. The number of aromatic nitrogens is 1. The third-order valence-electron chi connectivity index (χ3n) is 4.50. The molecule has 0 fully saturated rings. The van der Waals surface area contributed by atoms with Crippen molar-refractivity contribution >= 4 is 28.7 Å². The van der Waals surface area contributed by atoms with Gasteiger partial charge in [-0.3, -0.25) is 0 Å². The molecule has 0 radical (unpaired) electrons. The van der Waals surface area contributed by atoms with Crippen LogP contribution in [-0.4, -0.2) is 11.0 Å². The average Bonchev–Trinajstić information content (AvgIpc) is 3.02. The van der Waals surface area contributed by atoms with Gasteiger partial charge in [0.1, 0.15) is 0 Å². The third kappa shape index (κ3) is 1.23. The van der Waals surface area contributed by atoms with E-state index in [0.29, 0.717) is 12.0 Å². The quantitative estimate of drug-likeness (QED) is 0.636. The molecule has 20 heavy (non-hydrogen) atoms. The molecule has 0 amide bonds. The van der Waals surface area contributed by atoms with Gasteiger partial charge in [0.15, 0.2) is 0 Å². The summed E-state index contributed by atoms with van der Waals surface area (Å²) in [5, 5.41) is 7.54. The molecule has 0 saturated heterocycles. The van der Waals surface area contributed by atoms with E-state index in [2.05, 4.69) is 71.0 Å². The van der Waals surface area contributed by atoms with Crippen molar-refractivity contribution in [2.24, 2.45) is 0 Å². The fourth-order valence-electron chi connectivity index (χ4n) is 3.58. The average molecular weight is 258 g/mol. The molecule has 2 atom stereocenters. The second kappa shape index (κ2) is 3.54. The van der Waals surface area contributed by atoms with Gasteiger partial charge in [0.25, 0.3) is 0 Å². The Labute approximate surface area is 116 Å². The second-order valence-electron chi connectivity index (χ2n) is 5.61. The molecule has 0 spiro atoms. The molecule has 0 bridgehead atoms. The minimum atomic E-state index is 0.374. The van der Waals surface area contributed by atoms with Gasteiger partial charge in [-0.25, -0.2) is 0 Å². The minimum absolute atomic E-state index is 0.374. The predicted molar refractivity (Wildman–Crippen MR) is 83.1 cm³/mol. The summed E-state index contributed by atoms with van der Waals surface area (Å²) in [6, 6.07) is 17.5. The lowest BCUT2D eigenvalue weighted by atomic mass is 9.91. The number of nitrogens with one attached hydrogen (secondary N) is 2. The number of para-hydroxylation sites is 2. The zero-order valence-corrected chi connectivity index (χ0v) is 10.9. The van der Waals surface area contributed by atoms with Crippen LogP contribution in [0.5, 0.6) is 0 Å². The molecule has 96 valence electrons. The van der Waals surface area contributed by atoms with Gasteiger partial charge in [-0.2, -0.15) is 0 Å². The van der Waals surface area contributed by atoms with Crippen LogP contribution in [0.2, 0.25) is 0 Å². The summed E-state index contributed by atoms with van der Waals surface area (Å²) in [6.45, 7) is 0. The molecule has 5 rings (SSSR count). The van der Waals surface area contributed by atoms with E-state index in [-0.39, 0.29) is 0 Å². The van der Waals surface area contributed by atoms with Gasteiger partial charge < -0.3 is 10.3 Å². The fourth-order valence-corrected chi connectivity index (χ4v) is 3.58. The van der Waals surface area contributed by atoms with E-state index in [1.54, 1.807) is 0 Å². The lowest BCUT2D eigenvalue weighted by Gasteiger charge is -2.15. The first-order chi connectivity index (χ1) is 9.90. The van der Waals surface area contributed by atoms with Gasteiger partial charge in [0.05, 0.1) is 6.04 Å². The maximum atomic E-state index is 3.63. The lowest BCUT2D eigenvalue weighted by molar-refractivity contribution is 0.868. The van der Waals surface area contributed by atoms with Crippen LogP contribution in [0.3, 0.4) is 0 Å². The van der Waals surface area contributed by atoms with Gasteiger partial charge in [0, 0.05) is 33.1 Å². The van der Waals surface area contributed by atoms with E-state index < -0.39 is 0 Å². The van der Waals surface area contributed by atoms with Crippen LogP contribution in [0.4, 0.5) is 5.69 Å². The van der Waals surface area contributed by atoms with Crippen LogP contribution in [0.1, 0.15) is 11.5 Å². The Hall–Kier alpha value is -2.48. The van der Waals surface area contributed by atoms with E-state index in [1.165, 1.54) is 32.7 Å². The first-order valence-corrected chi connectivity index (χ1v) is 7.06. The molecule has 2 heterocycles. The Kier molecular flexibility index (Phi) is 1.83. The number of H-pyrrole nitrogens is 1. The monoisotopic (exact) mass is 258 g/mol. The Bertz CT molecular complexity index is 949. The zero-order valence-electron chi connectivity index (χ0n) is 10.9. The third-order valence-corrected chi connectivity index (χ3v) is 4.50. The highest BCUT2D eigenvalue weighted by Crippen LogP contribution is 2.38. The normalized spacial score (nSPS) is 22.2. The molecular formula is C18H14N2. The Morgan fingerprint density at radius 2 is 1.70 bits per heavy atom. The van der Waals surface area contributed by atoms with Crippen molar-refractivity contribution < 1.29 is 0 Å². The lowest BCUT2D eigenvalue weighted by Crippen LogP contribution is -2.34. The second-order valence-corrected chi connectivity index (χ2v) is 5.61. The van der Waals surface area contributed by atoms with E-state index in [9.17, 15) is 0 Å². The molecule has 0 saturated carbocycles. The highest BCUT2D eigenvalue weighted by molar-refractivity contribution is 5.84. The van der Waals surface area contributed by atoms with Gasteiger partial charge >= 0.3 is 0 Å². The summed E-state index contributed by atoms with van der Waals surface area (Å²) in [7, 11) is 0. The standard InChI is InChI=1S/C18H14N2/c1-3-7-15-11(5-1)13-9-18-14(10-17(13)19-15)12-6-2-4-8-16(12)20-18/h1-10,13,17,19-20H. The van der Waals surface area contributed by atoms with Crippen LogP contribution in [0.15, 0.2) is 48.5 Å². The van der Waals surface area contributed by atoms with Crippen LogP contribution < -0.4 is 15.9 Å². The van der Waals surface area contributed by atoms with E-state index in [0.717, 1.165) is 0 Å². The summed E-state index contributed by atoms with van der Waals surface area (Å²) < 4.78 is 0. The van der Waals surface area contributed by atoms with Crippen LogP contribution >= 0.6 is 0 Å². The summed E-state index contributed by atoms with van der Waals surface area (Å²) in [6.07, 6.45) is 4.75. The largest absolute Gasteiger partial charge is 0.378 e. The molecule has 1 aliphatic carbocycles. The number of aromatic amines is 1. The van der Waals surface area contributed by atoms with Crippen molar-refractivity contribution in [3.05, 3.63) is 64.7 Å². The molecule has 1 aromatic heterocycles. The molecule has 2 nitrogen and oxygen atoms in total. The number of benzene rings is 2. The molecular weight excluding hydrogens is 244 g/mol. The molecule has 1 aliphatic heterocycles. The van der Waals surface area contributed by atoms with Gasteiger partial charge in [-0.05, 0) is 17.7 Å². The molecule has 2 aliphatic rings. The van der Waals surface area contributed by atoms with Crippen molar-refractivity contribution in [2.45, 2.75) is 12.0 Å². The van der Waals surface area contributed by atoms with Crippen molar-refractivity contribution in [1.82, 2.24) is 4.98 Å². The maximum absolute atomic E-state index is 3.63.